The van der Waals surface area contributed by atoms with Crippen LogP contribution in [0, 0.1) is 18.3 Å². The number of hydrogen-bond acceptors (Lipinski definition) is 6. The number of allylic oxidation sites excluding steroid dienone is 2. The molecule has 7 nitrogen and oxygen atoms in total. The van der Waals surface area contributed by atoms with E-state index in [2.05, 4.69) is 22.0 Å². The molecule has 0 saturated carbocycles. The summed E-state index contributed by atoms with van der Waals surface area (Å²) in [5, 5.41) is 19.1. The van der Waals surface area contributed by atoms with Gasteiger partial charge in [0.2, 0.25) is 5.91 Å². The molecular formula is C28H21Cl2F3N4O3S. The number of nitrogens with zero attached hydrogens (tertiary/aromatic N) is 1. The SMILES string of the molecule is CC1=C(C(=O)Nc2cc(C(F)(F)F)ccc2Cl)[C@H](c2ccco2)C(C#N)=C(SCC(=O)Nc2cccc(Cl)c2C)N1. The van der Waals surface area contributed by atoms with Gasteiger partial charge in [0.25, 0.3) is 5.91 Å². The first-order chi connectivity index (χ1) is 19.4. The normalized spacial score (nSPS) is 15.3. The number of nitriles is 1. The number of anilines is 2. The molecule has 13 heteroatoms. The van der Waals surface area contributed by atoms with Gasteiger partial charge in [0.15, 0.2) is 0 Å². The fourth-order valence-corrected chi connectivity index (χ4v) is 5.35. The molecule has 0 saturated heterocycles. The highest BCUT2D eigenvalue weighted by molar-refractivity contribution is 8.03. The Morgan fingerprint density at radius 2 is 1.83 bits per heavy atom. The van der Waals surface area contributed by atoms with Gasteiger partial charge in [0.05, 0.1) is 56.5 Å². The highest BCUT2D eigenvalue weighted by Crippen LogP contribution is 2.42. The molecule has 2 amide bonds. The van der Waals surface area contributed by atoms with Gasteiger partial charge in [0, 0.05) is 16.4 Å². The summed E-state index contributed by atoms with van der Waals surface area (Å²) in [6.07, 6.45) is -3.28. The molecule has 3 aromatic rings. The Labute approximate surface area is 247 Å². The molecule has 1 atom stereocenters. The van der Waals surface area contributed by atoms with Crippen molar-refractivity contribution >= 4 is 58.2 Å². The number of benzene rings is 2. The summed E-state index contributed by atoms with van der Waals surface area (Å²) < 4.78 is 45.3. The number of rotatable bonds is 7. The second kappa shape index (κ2) is 12.3. The van der Waals surface area contributed by atoms with Gasteiger partial charge in [-0.15, -0.1) is 0 Å². The minimum Gasteiger partial charge on any atom is -0.468 e. The second-order valence-electron chi connectivity index (χ2n) is 8.86. The van der Waals surface area contributed by atoms with Crippen LogP contribution < -0.4 is 16.0 Å². The lowest BCUT2D eigenvalue weighted by Crippen LogP contribution is -2.31. The molecule has 0 fully saturated rings. The summed E-state index contributed by atoms with van der Waals surface area (Å²) in [6.45, 7) is 3.34. The average Bonchev–Trinajstić information content (AvgIpc) is 3.45. The first-order valence-electron chi connectivity index (χ1n) is 11.9. The maximum Gasteiger partial charge on any atom is 0.416 e. The Bertz CT molecular complexity index is 1610. The van der Waals surface area contributed by atoms with E-state index in [1.807, 2.05) is 0 Å². The maximum absolute atomic E-state index is 13.5. The van der Waals surface area contributed by atoms with E-state index in [-0.39, 0.29) is 39.3 Å². The Morgan fingerprint density at radius 1 is 1.07 bits per heavy atom. The number of alkyl halides is 3. The molecule has 2 aromatic carbocycles. The van der Waals surface area contributed by atoms with Gasteiger partial charge in [-0.3, -0.25) is 9.59 Å². The van der Waals surface area contributed by atoms with Crippen molar-refractivity contribution in [2.75, 3.05) is 16.4 Å². The van der Waals surface area contributed by atoms with E-state index in [0.29, 0.717) is 27.0 Å². The largest absolute Gasteiger partial charge is 0.468 e. The zero-order chi connectivity index (χ0) is 29.9. The van der Waals surface area contributed by atoms with Crippen LogP contribution in [0.15, 0.2) is 81.1 Å². The van der Waals surface area contributed by atoms with Crippen LogP contribution in [0.25, 0.3) is 0 Å². The first-order valence-corrected chi connectivity index (χ1v) is 13.7. The van der Waals surface area contributed by atoms with Crippen molar-refractivity contribution < 1.29 is 27.2 Å². The smallest absolute Gasteiger partial charge is 0.416 e. The van der Waals surface area contributed by atoms with Crippen molar-refractivity contribution in [3.63, 3.8) is 0 Å². The third kappa shape index (κ3) is 6.73. The van der Waals surface area contributed by atoms with Crippen LogP contribution in [0.5, 0.6) is 0 Å². The predicted octanol–water partition coefficient (Wildman–Crippen LogP) is 7.62. The van der Waals surface area contributed by atoms with Crippen molar-refractivity contribution in [1.82, 2.24) is 5.32 Å². The lowest BCUT2D eigenvalue weighted by atomic mass is 9.85. The van der Waals surface area contributed by atoms with Crippen molar-refractivity contribution in [1.29, 1.82) is 5.26 Å². The van der Waals surface area contributed by atoms with Crippen LogP contribution in [-0.4, -0.2) is 17.6 Å². The highest BCUT2D eigenvalue weighted by atomic mass is 35.5. The van der Waals surface area contributed by atoms with E-state index in [9.17, 15) is 28.0 Å². The molecule has 4 rings (SSSR count). The monoisotopic (exact) mass is 620 g/mol. The predicted molar refractivity (Wildman–Crippen MR) is 152 cm³/mol. The van der Waals surface area contributed by atoms with E-state index in [1.54, 1.807) is 44.2 Å². The third-order valence-corrected chi connectivity index (χ3v) is 7.91. The van der Waals surface area contributed by atoms with Crippen LogP contribution >= 0.6 is 35.0 Å². The van der Waals surface area contributed by atoms with E-state index < -0.39 is 23.6 Å². The number of furan rings is 1. The molecule has 0 bridgehead atoms. The summed E-state index contributed by atoms with van der Waals surface area (Å²) in [4.78, 5) is 26.2. The van der Waals surface area contributed by atoms with Gasteiger partial charge in [-0.1, -0.05) is 41.0 Å². The minimum absolute atomic E-state index is 0.0355. The van der Waals surface area contributed by atoms with Crippen LogP contribution in [0.3, 0.4) is 0 Å². The van der Waals surface area contributed by atoms with Crippen molar-refractivity contribution in [2.45, 2.75) is 25.9 Å². The fraction of sp³-hybridized carbons (Fsp3) is 0.179. The molecular weight excluding hydrogens is 600 g/mol. The quantitative estimate of drug-likeness (QED) is 0.251. The standard InChI is InChI=1S/C28H21Cl2F3N4O3S/c1-14-18(29)5-3-6-20(14)36-23(38)13-41-27-17(12-34)25(22-7-4-10-40-22)24(15(2)35-27)26(39)37-21-11-16(28(31,32)33)8-9-19(21)30/h3-11,25,35H,13H2,1-2H3,(H,36,38)(H,37,39)/t25-/m0/s1. The number of thioether (sulfide) groups is 1. The Hall–Kier alpha value is -3.85. The minimum atomic E-state index is -4.65. The van der Waals surface area contributed by atoms with Crippen molar-refractivity contribution in [2.24, 2.45) is 0 Å². The van der Waals surface area contributed by atoms with Crippen molar-refractivity contribution in [3.8, 4) is 6.07 Å². The molecule has 2 heterocycles. The number of carbonyl (C=O) groups is 2. The van der Waals surface area contributed by atoms with Gasteiger partial charge in [0.1, 0.15) is 5.76 Å². The second-order valence-corrected chi connectivity index (χ2v) is 10.7. The summed E-state index contributed by atoms with van der Waals surface area (Å²) in [5.74, 6) is -1.99. The number of carbonyl (C=O) groups excluding carboxylic acids is 2. The lowest BCUT2D eigenvalue weighted by molar-refractivity contribution is -0.137. The number of amides is 2. The van der Waals surface area contributed by atoms with Gasteiger partial charge >= 0.3 is 6.18 Å². The molecule has 3 N–H and O–H groups in total. The van der Waals surface area contributed by atoms with Crippen LogP contribution in [0.2, 0.25) is 10.0 Å². The topological polar surface area (TPSA) is 107 Å². The van der Waals surface area contributed by atoms with E-state index in [1.165, 1.54) is 6.26 Å². The Balaban J connectivity index is 1.61. The molecule has 41 heavy (non-hydrogen) atoms. The van der Waals surface area contributed by atoms with E-state index >= 15 is 0 Å². The van der Waals surface area contributed by atoms with Gasteiger partial charge < -0.3 is 20.4 Å². The number of halogens is 5. The summed E-state index contributed by atoms with van der Waals surface area (Å²) in [5.41, 5.74) is 0.435. The van der Waals surface area contributed by atoms with E-state index in [4.69, 9.17) is 27.6 Å². The fourth-order valence-electron chi connectivity index (χ4n) is 4.12. The summed E-state index contributed by atoms with van der Waals surface area (Å²) >= 11 is 13.3. The molecule has 0 unspecified atom stereocenters. The van der Waals surface area contributed by atoms with Gasteiger partial charge in [-0.2, -0.15) is 18.4 Å². The number of hydrogen-bond donors (Lipinski definition) is 3. The van der Waals surface area contributed by atoms with Crippen LogP contribution in [0.4, 0.5) is 24.5 Å². The zero-order valence-corrected chi connectivity index (χ0v) is 23.8. The first kappa shape index (κ1) is 30.1. The molecule has 1 aliphatic heterocycles. The molecule has 1 aromatic heterocycles. The lowest BCUT2D eigenvalue weighted by Gasteiger charge is -2.28. The molecule has 0 radical (unpaired) electrons. The number of nitrogens with one attached hydrogen (secondary N) is 3. The third-order valence-electron chi connectivity index (χ3n) is 6.15. The molecule has 1 aliphatic rings. The van der Waals surface area contributed by atoms with Crippen molar-refractivity contribution in [3.05, 3.63) is 104 Å². The van der Waals surface area contributed by atoms with Crippen LogP contribution in [0.1, 0.15) is 29.7 Å². The highest BCUT2D eigenvalue weighted by Gasteiger charge is 2.37. The maximum atomic E-state index is 13.5. The van der Waals surface area contributed by atoms with E-state index in [0.717, 1.165) is 30.0 Å². The van der Waals surface area contributed by atoms with Gasteiger partial charge in [-0.05, 0) is 61.9 Å². The Kier molecular flexibility index (Phi) is 9.07. The average molecular weight is 621 g/mol. The summed E-state index contributed by atoms with van der Waals surface area (Å²) in [6, 6.07) is 12.9. The Morgan fingerprint density at radius 3 is 2.49 bits per heavy atom. The summed E-state index contributed by atoms with van der Waals surface area (Å²) in [7, 11) is 0. The molecule has 212 valence electrons. The molecule has 0 aliphatic carbocycles. The van der Waals surface area contributed by atoms with Crippen LogP contribution in [-0.2, 0) is 15.8 Å². The van der Waals surface area contributed by atoms with Gasteiger partial charge in [-0.25, -0.2) is 0 Å². The molecule has 0 spiro atoms. The number of dihydropyridines is 1. The zero-order valence-electron chi connectivity index (χ0n) is 21.5.